The van der Waals surface area contributed by atoms with Crippen LogP contribution in [0.15, 0.2) is 10.6 Å². The Balaban J connectivity index is 1.54. The predicted molar refractivity (Wildman–Crippen MR) is 79.4 cm³/mol. The molecule has 0 aliphatic carbocycles. The van der Waals surface area contributed by atoms with Crippen molar-refractivity contribution in [2.45, 2.75) is 13.5 Å². The van der Waals surface area contributed by atoms with E-state index in [-0.39, 0.29) is 0 Å². The third-order valence-corrected chi connectivity index (χ3v) is 6.05. The van der Waals surface area contributed by atoms with E-state index in [1.165, 1.54) is 4.31 Å². The molecule has 0 atom stereocenters. The summed E-state index contributed by atoms with van der Waals surface area (Å²) in [5.74, 6) is 0.795. The fraction of sp³-hybridized carbons (Fsp3) is 0.769. The number of aromatic nitrogens is 1. The summed E-state index contributed by atoms with van der Waals surface area (Å²) in [6, 6.07) is 1.91. The monoisotopic (exact) mass is 330 g/mol. The van der Waals surface area contributed by atoms with E-state index in [0.29, 0.717) is 59.0 Å². The van der Waals surface area contributed by atoms with Crippen molar-refractivity contribution in [3.63, 3.8) is 0 Å². The summed E-state index contributed by atoms with van der Waals surface area (Å²) in [5.41, 5.74) is 0.891. The Hall–Kier alpha value is -1.00. The molecule has 124 valence electrons. The quantitative estimate of drug-likeness (QED) is 0.753. The molecule has 1 aromatic heterocycles. The van der Waals surface area contributed by atoms with Gasteiger partial charge in [-0.25, -0.2) is 0 Å². The standard InChI is InChI=1S/C13H22N4O4S/c1-12-10-13(14-21-12)11-15-2-4-16(5-3-15)22(18,19)17-6-8-20-9-7-17/h10H,2-9,11H2,1H3. The van der Waals surface area contributed by atoms with Crippen LogP contribution in [0.5, 0.6) is 0 Å². The van der Waals surface area contributed by atoms with Crippen LogP contribution in [0.1, 0.15) is 11.5 Å². The molecule has 0 unspecified atom stereocenters. The summed E-state index contributed by atoms with van der Waals surface area (Å²) >= 11 is 0. The number of hydrogen-bond donors (Lipinski definition) is 0. The van der Waals surface area contributed by atoms with Gasteiger partial charge in [-0.1, -0.05) is 5.16 Å². The van der Waals surface area contributed by atoms with E-state index < -0.39 is 10.2 Å². The van der Waals surface area contributed by atoms with Gasteiger partial charge in [-0.05, 0) is 6.92 Å². The van der Waals surface area contributed by atoms with Crippen LogP contribution in [0.2, 0.25) is 0 Å². The van der Waals surface area contributed by atoms with E-state index in [4.69, 9.17) is 9.26 Å². The van der Waals surface area contributed by atoms with Crippen molar-refractivity contribution in [1.29, 1.82) is 0 Å². The molecule has 2 saturated heterocycles. The zero-order chi connectivity index (χ0) is 15.6. The van der Waals surface area contributed by atoms with E-state index >= 15 is 0 Å². The minimum Gasteiger partial charge on any atom is -0.379 e. The SMILES string of the molecule is Cc1cc(CN2CCN(S(=O)(=O)N3CCOCC3)CC2)no1. The summed E-state index contributed by atoms with van der Waals surface area (Å²) in [6.07, 6.45) is 0. The van der Waals surface area contributed by atoms with Crippen LogP contribution in [0.25, 0.3) is 0 Å². The van der Waals surface area contributed by atoms with E-state index in [1.54, 1.807) is 4.31 Å². The van der Waals surface area contributed by atoms with Crippen LogP contribution in [-0.2, 0) is 21.5 Å². The molecule has 3 heterocycles. The zero-order valence-electron chi connectivity index (χ0n) is 12.8. The summed E-state index contributed by atoms with van der Waals surface area (Å²) < 4.78 is 38.5. The molecule has 2 fully saturated rings. The number of morpholine rings is 1. The summed E-state index contributed by atoms with van der Waals surface area (Å²) in [4.78, 5) is 2.20. The van der Waals surface area contributed by atoms with Gasteiger partial charge >= 0.3 is 0 Å². The molecule has 0 saturated carbocycles. The first-order valence-corrected chi connectivity index (χ1v) is 8.93. The number of piperazine rings is 1. The first-order valence-electron chi connectivity index (χ1n) is 7.53. The fourth-order valence-corrected chi connectivity index (χ4v) is 4.34. The van der Waals surface area contributed by atoms with E-state index in [0.717, 1.165) is 11.5 Å². The minimum atomic E-state index is -3.35. The summed E-state index contributed by atoms with van der Waals surface area (Å²) in [6.45, 7) is 6.83. The second-order valence-corrected chi connectivity index (χ2v) is 7.55. The normalized spacial score (nSPS) is 23.0. The van der Waals surface area contributed by atoms with E-state index in [9.17, 15) is 8.42 Å². The smallest absolute Gasteiger partial charge is 0.282 e. The van der Waals surface area contributed by atoms with Gasteiger partial charge in [0, 0.05) is 51.9 Å². The third kappa shape index (κ3) is 3.49. The van der Waals surface area contributed by atoms with Gasteiger partial charge in [-0.15, -0.1) is 0 Å². The van der Waals surface area contributed by atoms with Gasteiger partial charge in [0.05, 0.1) is 18.9 Å². The molecule has 3 rings (SSSR count). The van der Waals surface area contributed by atoms with E-state index in [2.05, 4.69) is 10.1 Å². The zero-order valence-corrected chi connectivity index (χ0v) is 13.6. The van der Waals surface area contributed by atoms with Gasteiger partial charge in [0.15, 0.2) is 0 Å². The molecule has 0 bridgehead atoms. The maximum Gasteiger partial charge on any atom is 0.282 e. The lowest BCUT2D eigenvalue weighted by molar-refractivity contribution is 0.0683. The maximum atomic E-state index is 12.6. The first kappa shape index (κ1) is 15.9. The molecule has 0 N–H and O–H groups in total. The lowest BCUT2D eigenvalue weighted by Gasteiger charge is -2.37. The Kier molecular flexibility index (Phi) is 4.79. The summed E-state index contributed by atoms with van der Waals surface area (Å²) in [5, 5.41) is 3.98. The largest absolute Gasteiger partial charge is 0.379 e. The molecule has 22 heavy (non-hydrogen) atoms. The van der Waals surface area contributed by atoms with Crippen molar-refractivity contribution in [3.8, 4) is 0 Å². The van der Waals surface area contributed by atoms with Crippen LogP contribution in [-0.4, -0.2) is 79.6 Å². The highest BCUT2D eigenvalue weighted by Crippen LogP contribution is 2.15. The van der Waals surface area contributed by atoms with Gasteiger partial charge in [0.25, 0.3) is 10.2 Å². The lowest BCUT2D eigenvalue weighted by atomic mass is 10.3. The molecule has 2 aliphatic rings. The Bertz CT molecular complexity index is 589. The summed E-state index contributed by atoms with van der Waals surface area (Å²) in [7, 11) is -3.35. The molecular weight excluding hydrogens is 308 g/mol. The molecule has 8 nitrogen and oxygen atoms in total. The number of nitrogens with zero attached hydrogens (tertiary/aromatic N) is 4. The fourth-order valence-electron chi connectivity index (χ4n) is 2.78. The highest BCUT2D eigenvalue weighted by atomic mass is 32.2. The highest BCUT2D eigenvalue weighted by Gasteiger charge is 2.33. The molecule has 2 aliphatic heterocycles. The van der Waals surface area contributed by atoms with Gasteiger partial charge in [-0.2, -0.15) is 17.0 Å². The number of aryl methyl sites for hydroxylation is 1. The van der Waals surface area contributed by atoms with Gasteiger partial charge in [0.1, 0.15) is 5.76 Å². The Morgan fingerprint density at radius 2 is 1.73 bits per heavy atom. The molecular formula is C13H22N4O4S. The van der Waals surface area contributed by atoms with Crippen molar-refractivity contribution in [2.24, 2.45) is 0 Å². The lowest BCUT2D eigenvalue weighted by Crippen LogP contribution is -2.54. The van der Waals surface area contributed by atoms with Crippen molar-refractivity contribution >= 4 is 10.2 Å². The second-order valence-electron chi connectivity index (χ2n) is 5.62. The van der Waals surface area contributed by atoms with Gasteiger partial charge in [-0.3, -0.25) is 4.90 Å². The molecule has 0 spiro atoms. The first-order chi connectivity index (χ1) is 10.6. The highest BCUT2D eigenvalue weighted by molar-refractivity contribution is 7.86. The molecule has 0 radical (unpaired) electrons. The average Bonchev–Trinajstić information content (AvgIpc) is 2.94. The number of rotatable bonds is 4. The van der Waals surface area contributed by atoms with Gasteiger partial charge < -0.3 is 9.26 Å². The number of ether oxygens (including phenoxy) is 1. The Morgan fingerprint density at radius 1 is 1.09 bits per heavy atom. The predicted octanol–water partition coefficient (Wildman–Crippen LogP) is -0.322. The second kappa shape index (κ2) is 6.63. The molecule has 1 aromatic rings. The van der Waals surface area contributed by atoms with Crippen molar-refractivity contribution < 1.29 is 17.7 Å². The molecule has 0 aromatic carbocycles. The van der Waals surface area contributed by atoms with Crippen LogP contribution in [0.3, 0.4) is 0 Å². The van der Waals surface area contributed by atoms with Crippen molar-refractivity contribution in [1.82, 2.24) is 18.7 Å². The van der Waals surface area contributed by atoms with Crippen molar-refractivity contribution in [2.75, 3.05) is 52.5 Å². The topological polar surface area (TPSA) is 79.1 Å². The van der Waals surface area contributed by atoms with E-state index in [1.807, 2.05) is 13.0 Å². The van der Waals surface area contributed by atoms with Crippen LogP contribution >= 0.6 is 0 Å². The molecule has 9 heteroatoms. The maximum absolute atomic E-state index is 12.6. The van der Waals surface area contributed by atoms with Crippen LogP contribution < -0.4 is 0 Å². The number of hydrogen-bond acceptors (Lipinski definition) is 6. The van der Waals surface area contributed by atoms with Crippen molar-refractivity contribution in [3.05, 3.63) is 17.5 Å². The minimum absolute atomic E-state index is 0.445. The van der Waals surface area contributed by atoms with Crippen LogP contribution in [0.4, 0.5) is 0 Å². The average molecular weight is 330 g/mol. The molecule has 0 amide bonds. The van der Waals surface area contributed by atoms with Gasteiger partial charge in [0.2, 0.25) is 0 Å². The van der Waals surface area contributed by atoms with Crippen LogP contribution in [0, 0.1) is 6.92 Å². The third-order valence-electron chi connectivity index (χ3n) is 4.02. The Morgan fingerprint density at radius 3 is 2.32 bits per heavy atom. The Labute approximate surface area is 130 Å².